The zero-order valence-corrected chi connectivity index (χ0v) is 15.2. The van der Waals surface area contributed by atoms with E-state index in [1.807, 2.05) is 7.05 Å². The number of rotatable bonds is 5. The van der Waals surface area contributed by atoms with Gasteiger partial charge in [-0.25, -0.2) is 13.1 Å². The number of likely N-dealkylation sites (N-methyl/N-ethyl adjacent to an activating group) is 1. The molecule has 0 aromatic heterocycles. The fraction of sp³-hybridized carbons (Fsp3) is 0.562. The second kappa shape index (κ2) is 7.19. The molecule has 9 heteroatoms. The normalized spacial score (nSPS) is 20.5. The van der Waals surface area contributed by atoms with Crippen LogP contribution in [0.4, 0.5) is 0 Å². The van der Waals surface area contributed by atoms with E-state index >= 15 is 0 Å². The lowest BCUT2D eigenvalue weighted by Gasteiger charge is -2.23. The molecule has 2 N–H and O–H groups in total. The van der Waals surface area contributed by atoms with Crippen LogP contribution < -0.4 is 19.5 Å². The molecule has 2 heterocycles. The number of fused-ring (bicyclic) bond motifs is 1. The SMILES string of the molecule is CNS(=O)(=O)c1cc2c(c(C(=O)NCC3CCCN3C)c1)OCCO2. The fourth-order valence-electron chi connectivity index (χ4n) is 3.11. The number of nitrogens with zero attached hydrogens (tertiary/aromatic N) is 1. The first-order valence-electron chi connectivity index (χ1n) is 8.28. The summed E-state index contributed by atoms with van der Waals surface area (Å²) in [6, 6.07) is 3.00. The Morgan fingerprint density at radius 3 is 2.76 bits per heavy atom. The minimum absolute atomic E-state index is 0.0256. The molecule has 25 heavy (non-hydrogen) atoms. The number of nitrogens with one attached hydrogen (secondary N) is 2. The van der Waals surface area contributed by atoms with Crippen molar-refractivity contribution >= 4 is 15.9 Å². The Hall–Kier alpha value is -1.84. The lowest BCUT2D eigenvalue weighted by Crippen LogP contribution is -2.38. The van der Waals surface area contributed by atoms with Gasteiger partial charge in [0.2, 0.25) is 10.0 Å². The van der Waals surface area contributed by atoms with Gasteiger partial charge >= 0.3 is 0 Å². The van der Waals surface area contributed by atoms with E-state index in [-0.39, 0.29) is 22.1 Å². The monoisotopic (exact) mass is 369 g/mol. The zero-order chi connectivity index (χ0) is 18.0. The molecule has 2 aliphatic rings. The van der Waals surface area contributed by atoms with E-state index in [4.69, 9.17) is 9.47 Å². The Labute approximate surface area is 147 Å². The third-order valence-corrected chi connectivity index (χ3v) is 6.00. The number of benzene rings is 1. The van der Waals surface area contributed by atoms with E-state index in [1.54, 1.807) is 0 Å². The van der Waals surface area contributed by atoms with Crippen molar-refractivity contribution in [1.29, 1.82) is 0 Å². The summed E-state index contributed by atoms with van der Waals surface area (Å²) < 4.78 is 37.5. The first kappa shape index (κ1) is 18.0. The van der Waals surface area contributed by atoms with Crippen molar-refractivity contribution in [2.24, 2.45) is 0 Å². The van der Waals surface area contributed by atoms with Crippen LogP contribution in [0.25, 0.3) is 0 Å². The third kappa shape index (κ3) is 3.73. The summed E-state index contributed by atoms with van der Waals surface area (Å²) >= 11 is 0. The predicted octanol–water partition coefficient (Wildman–Crippen LogP) is 0.190. The minimum Gasteiger partial charge on any atom is -0.486 e. The Kier molecular flexibility index (Phi) is 5.16. The summed E-state index contributed by atoms with van der Waals surface area (Å²) in [6.45, 7) is 2.15. The van der Waals surface area contributed by atoms with Crippen LogP contribution in [0, 0.1) is 0 Å². The quantitative estimate of drug-likeness (QED) is 0.769. The molecule has 0 radical (unpaired) electrons. The first-order chi connectivity index (χ1) is 11.9. The van der Waals surface area contributed by atoms with E-state index in [9.17, 15) is 13.2 Å². The molecule has 1 saturated heterocycles. The summed E-state index contributed by atoms with van der Waals surface area (Å²) in [4.78, 5) is 14.8. The van der Waals surface area contributed by atoms with Crippen LogP contribution in [0.1, 0.15) is 23.2 Å². The maximum atomic E-state index is 12.7. The van der Waals surface area contributed by atoms with Crippen LogP contribution in [-0.2, 0) is 10.0 Å². The van der Waals surface area contributed by atoms with Crippen molar-refractivity contribution in [2.45, 2.75) is 23.8 Å². The van der Waals surface area contributed by atoms with Crippen LogP contribution in [0.2, 0.25) is 0 Å². The fourth-order valence-corrected chi connectivity index (χ4v) is 3.88. The lowest BCUT2D eigenvalue weighted by atomic mass is 10.1. The zero-order valence-electron chi connectivity index (χ0n) is 14.4. The van der Waals surface area contributed by atoms with E-state index in [2.05, 4.69) is 14.9 Å². The Morgan fingerprint density at radius 1 is 1.32 bits per heavy atom. The molecule has 1 aromatic rings. The summed E-state index contributed by atoms with van der Waals surface area (Å²) in [7, 11) is -0.349. The molecular weight excluding hydrogens is 346 g/mol. The van der Waals surface area contributed by atoms with Gasteiger partial charge in [0, 0.05) is 18.7 Å². The maximum absolute atomic E-state index is 12.7. The van der Waals surface area contributed by atoms with Crippen LogP contribution in [-0.4, -0.2) is 65.7 Å². The third-order valence-electron chi connectivity index (χ3n) is 4.61. The minimum atomic E-state index is -3.70. The van der Waals surface area contributed by atoms with Gasteiger partial charge in [-0.1, -0.05) is 0 Å². The van der Waals surface area contributed by atoms with Crippen LogP contribution in [0.5, 0.6) is 11.5 Å². The first-order valence-corrected chi connectivity index (χ1v) is 9.76. The number of ether oxygens (including phenoxy) is 2. The molecule has 0 bridgehead atoms. The van der Waals surface area contributed by atoms with E-state index in [1.165, 1.54) is 19.2 Å². The maximum Gasteiger partial charge on any atom is 0.255 e. The molecule has 0 spiro atoms. The van der Waals surface area contributed by atoms with Gasteiger partial charge in [0.25, 0.3) is 5.91 Å². The van der Waals surface area contributed by atoms with E-state index < -0.39 is 10.0 Å². The van der Waals surface area contributed by atoms with Gasteiger partial charge in [-0.2, -0.15) is 0 Å². The summed E-state index contributed by atoms with van der Waals surface area (Å²) in [5.74, 6) is 0.194. The average molecular weight is 369 g/mol. The van der Waals surface area contributed by atoms with Crippen LogP contribution in [0.3, 0.4) is 0 Å². The van der Waals surface area contributed by atoms with Crippen LogP contribution in [0.15, 0.2) is 17.0 Å². The summed E-state index contributed by atoms with van der Waals surface area (Å²) in [5.41, 5.74) is 0.173. The molecule has 138 valence electrons. The second-order valence-corrected chi connectivity index (χ2v) is 8.08. The Bertz CT molecular complexity index is 765. The number of likely N-dealkylation sites (tertiary alicyclic amines) is 1. The molecule has 1 aromatic carbocycles. The second-order valence-electron chi connectivity index (χ2n) is 6.19. The highest BCUT2D eigenvalue weighted by Crippen LogP contribution is 2.36. The molecule has 2 aliphatic heterocycles. The molecule has 1 amide bonds. The highest BCUT2D eigenvalue weighted by Gasteiger charge is 2.27. The summed E-state index contributed by atoms with van der Waals surface area (Å²) in [5, 5.41) is 2.89. The molecule has 8 nitrogen and oxygen atoms in total. The largest absolute Gasteiger partial charge is 0.486 e. The van der Waals surface area contributed by atoms with Crippen molar-refractivity contribution in [2.75, 3.05) is 40.4 Å². The summed E-state index contributed by atoms with van der Waals surface area (Å²) in [6.07, 6.45) is 2.14. The topological polar surface area (TPSA) is 97.0 Å². The molecule has 1 fully saturated rings. The lowest BCUT2D eigenvalue weighted by molar-refractivity contribution is 0.0932. The number of hydrogen-bond acceptors (Lipinski definition) is 6. The molecule has 3 rings (SSSR count). The van der Waals surface area contributed by atoms with Gasteiger partial charge in [-0.3, -0.25) is 4.79 Å². The van der Waals surface area contributed by atoms with Gasteiger partial charge in [0.15, 0.2) is 11.5 Å². The molecular formula is C16H23N3O5S. The number of carbonyl (C=O) groups excluding carboxylic acids is 1. The molecule has 1 unspecified atom stereocenters. The number of amides is 1. The highest BCUT2D eigenvalue weighted by atomic mass is 32.2. The number of sulfonamides is 1. The van der Waals surface area contributed by atoms with E-state index in [0.29, 0.717) is 31.5 Å². The number of hydrogen-bond donors (Lipinski definition) is 2. The van der Waals surface area contributed by atoms with Crippen LogP contribution >= 0.6 is 0 Å². The van der Waals surface area contributed by atoms with Crippen molar-refractivity contribution in [3.63, 3.8) is 0 Å². The van der Waals surface area contributed by atoms with Gasteiger partial charge in [0.05, 0.1) is 10.5 Å². The molecule has 1 atom stereocenters. The van der Waals surface area contributed by atoms with Gasteiger partial charge in [0.1, 0.15) is 13.2 Å². The number of carbonyl (C=O) groups is 1. The van der Waals surface area contributed by atoms with Crippen molar-refractivity contribution < 1.29 is 22.7 Å². The smallest absolute Gasteiger partial charge is 0.255 e. The van der Waals surface area contributed by atoms with Crippen molar-refractivity contribution in [3.8, 4) is 11.5 Å². The predicted molar refractivity (Wildman–Crippen MR) is 91.7 cm³/mol. The van der Waals surface area contributed by atoms with Gasteiger partial charge in [-0.05, 0) is 39.5 Å². The standard InChI is InChI=1S/C16H23N3O5S/c1-17-25(21,22)12-8-13(15-14(9-12)23-6-7-24-15)16(20)18-10-11-4-3-5-19(11)2/h8-9,11,17H,3-7,10H2,1-2H3,(H,18,20). The van der Waals surface area contributed by atoms with Gasteiger partial charge in [-0.15, -0.1) is 0 Å². The van der Waals surface area contributed by atoms with Gasteiger partial charge < -0.3 is 19.7 Å². The molecule has 0 aliphatic carbocycles. The van der Waals surface area contributed by atoms with Crippen molar-refractivity contribution in [1.82, 2.24) is 14.9 Å². The van der Waals surface area contributed by atoms with Crippen molar-refractivity contribution in [3.05, 3.63) is 17.7 Å². The van der Waals surface area contributed by atoms with E-state index in [0.717, 1.165) is 19.4 Å². The Morgan fingerprint density at radius 2 is 2.08 bits per heavy atom. The average Bonchev–Trinajstić information content (AvgIpc) is 3.03. The Balaban J connectivity index is 1.88. The molecule has 0 saturated carbocycles. The highest BCUT2D eigenvalue weighted by molar-refractivity contribution is 7.89.